The zero-order valence-corrected chi connectivity index (χ0v) is 12.5. The first-order valence-electron chi connectivity index (χ1n) is 6.45. The third-order valence-corrected chi connectivity index (χ3v) is 3.94. The molecular formula is C13H16BrN3O3. The Morgan fingerprint density at radius 1 is 1.50 bits per heavy atom. The number of carbonyl (C=O) groups excluding carboxylic acids is 1. The number of likely N-dealkylation sites (tertiary alicyclic amines) is 1. The number of nitro benzene ring substituents is 1. The predicted octanol–water partition coefficient (Wildman–Crippen LogP) is 2.17. The Balaban J connectivity index is 2.22. The van der Waals surface area contributed by atoms with Crippen molar-refractivity contribution in [1.82, 2.24) is 4.90 Å². The molecule has 1 unspecified atom stereocenters. The van der Waals surface area contributed by atoms with Crippen LogP contribution in [0.2, 0.25) is 0 Å². The van der Waals surface area contributed by atoms with Gasteiger partial charge in [-0.15, -0.1) is 0 Å². The van der Waals surface area contributed by atoms with Crippen molar-refractivity contribution in [2.75, 3.05) is 19.6 Å². The molecule has 0 aliphatic carbocycles. The maximum atomic E-state index is 12.4. The predicted molar refractivity (Wildman–Crippen MR) is 78.5 cm³/mol. The lowest BCUT2D eigenvalue weighted by atomic mass is 9.97. The normalized spacial score (nSPS) is 18.9. The van der Waals surface area contributed by atoms with Gasteiger partial charge in [-0.3, -0.25) is 14.9 Å². The minimum Gasteiger partial charge on any atom is -0.338 e. The van der Waals surface area contributed by atoms with Crippen LogP contribution in [0.5, 0.6) is 0 Å². The number of amides is 1. The van der Waals surface area contributed by atoms with E-state index < -0.39 is 4.92 Å². The van der Waals surface area contributed by atoms with E-state index in [9.17, 15) is 14.9 Å². The fraction of sp³-hybridized carbons (Fsp3) is 0.462. The second-order valence-electron chi connectivity index (χ2n) is 4.95. The Morgan fingerprint density at radius 3 is 2.90 bits per heavy atom. The molecule has 0 bridgehead atoms. The SMILES string of the molecule is NCC1CCCN(C(=O)c2cc(Br)cc([N+](=O)[O-])c2)C1. The third-order valence-electron chi connectivity index (χ3n) is 3.48. The molecule has 2 rings (SSSR count). The molecule has 0 radical (unpaired) electrons. The number of nitro groups is 1. The molecule has 1 amide bonds. The fourth-order valence-corrected chi connectivity index (χ4v) is 2.91. The van der Waals surface area contributed by atoms with Gasteiger partial charge in [-0.05, 0) is 31.4 Å². The van der Waals surface area contributed by atoms with Crippen LogP contribution < -0.4 is 5.73 Å². The van der Waals surface area contributed by atoms with Gasteiger partial charge in [-0.25, -0.2) is 0 Å². The molecule has 20 heavy (non-hydrogen) atoms. The van der Waals surface area contributed by atoms with Gasteiger partial charge in [0.15, 0.2) is 0 Å². The molecule has 0 aromatic heterocycles. The quantitative estimate of drug-likeness (QED) is 0.673. The van der Waals surface area contributed by atoms with E-state index in [0.29, 0.717) is 35.6 Å². The van der Waals surface area contributed by atoms with Gasteiger partial charge in [0.05, 0.1) is 4.92 Å². The summed E-state index contributed by atoms with van der Waals surface area (Å²) < 4.78 is 0.530. The number of non-ortho nitro benzene ring substituents is 1. The average Bonchev–Trinajstić information content (AvgIpc) is 2.45. The zero-order valence-electron chi connectivity index (χ0n) is 10.9. The van der Waals surface area contributed by atoms with Crippen LogP contribution >= 0.6 is 15.9 Å². The summed E-state index contributed by atoms with van der Waals surface area (Å²) in [4.78, 5) is 24.5. The lowest BCUT2D eigenvalue weighted by molar-refractivity contribution is -0.385. The summed E-state index contributed by atoms with van der Waals surface area (Å²) in [5, 5.41) is 10.8. The van der Waals surface area contributed by atoms with E-state index in [1.54, 1.807) is 11.0 Å². The lowest BCUT2D eigenvalue weighted by Crippen LogP contribution is -2.42. The molecule has 0 spiro atoms. The Hall–Kier alpha value is -1.47. The highest BCUT2D eigenvalue weighted by Crippen LogP contribution is 2.24. The van der Waals surface area contributed by atoms with E-state index in [1.165, 1.54) is 12.1 Å². The van der Waals surface area contributed by atoms with E-state index in [2.05, 4.69) is 15.9 Å². The van der Waals surface area contributed by atoms with Crippen molar-refractivity contribution in [2.45, 2.75) is 12.8 Å². The summed E-state index contributed by atoms with van der Waals surface area (Å²) in [6.45, 7) is 1.85. The van der Waals surface area contributed by atoms with Gasteiger partial charge in [0.1, 0.15) is 0 Å². The molecule has 108 valence electrons. The van der Waals surface area contributed by atoms with E-state index in [4.69, 9.17) is 5.73 Å². The van der Waals surface area contributed by atoms with Gasteiger partial charge >= 0.3 is 0 Å². The van der Waals surface area contributed by atoms with Crippen LogP contribution in [0.15, 0.2) is 22.7 Å². The standard InChI is InChI=1S/C13H16BrN3O3/c14-11-4-10(5-12(6-11)17(19)20)13(18)16-3-1-2-9(7-15)8-16/h4-6,9H,1-3,7-8,15H2. The van der Waals surface area contributed by atoms with Gasteiger partial charge in [-0.1, -0.05) is 15.9 Å². The summed E-state index contributed by atoms with van der Waals surface area (Å²) in [5.41, 5.74) is 5.91. The molecule has 1 fully saturated rings. The van der Waals surface area contributed by atoms with Crippen molar-refractivity contribution in [3.63, 3.8) is 0 Å². The first-order chi connectivity index (χ1) is 9.51. The summed E-state index contributed by atoms with van der Waals surface area (Å²) in [6, 6.07) is 4.32. The summed E-state index contributed by atoms with van der Waals surface area (Å²) in [7, 11) is 0. The maximum Gasteiger partial charge on any atom is 0.271 e. The molecule has 1 aliphatic rings. The number of rotatable bonds is 3. The molecular weight excluding hydrogens is 326 g/mol. The summed E-state index contributed by atoms with van der Waals surface area (Å²) >= 11 is 3.20. The number of hydrogen-bond donors (Lipinski definition) is 1. The monoisotopic (exact) mass is 341 g/mol. The molecule has 6 nitrogen and oxygen atoms in total. The van der Waals surface area contributed by atoms with Crippen LogP contribution in [-0.2, 0) is 0 Å². The second-order valence-corrected chi connectivity index (χ2v) is 5.87. The van der Waals surface area contributed by atoms with Gasteiger partial charge in [0.25, 0.3) is 11.6 Å². The summed E-state index contributed by atoms with van der Waals surface area (Å²) in [6.07, 6.45) is 1.95. The molecule has 1 heterocycles. The molecule has 1 atom stereocenters. The van der Waals surface area contributed by atoms with E-state index in [1.807, 2.05) is 0 Å². The van der Waals surface area contributed by atoms with Gasteiger partial charge in [-0.2, -0.15) is 0 Å². The minimum absolute atomic E-state index is 0.0879. The Bertz CT molecular complexity index is 536. The van der Waals surface area contributed by atoms with Crippen molar-refractivity contribution in [2.24, 2.45) is 11.7 Å². The fourth-order valence-electron chi connectivity index (χ4n) is 2.43. The van der Waals surface area contributed by atoms with Gasteiger partial charge < -0.3 is 10.6 Å². The van der Waals surface area contributed by atoms with Crippen molar-refractivity contribution in [1.29, 1.82) is 0 Å². The number of benzene rings is 1. The highest BCUT2D eigenvalue weighted by Gasteiger charge is 2.25. The third kappa shape index (κ3) is 3.34. The Morgan fingerprint density at radius 2 is 2.25 bits per heavy atom. The second kappa shape index (κ2) is 6.32. The number of nitrogens with two attached hydrogens (primary N) is 1. The molecule has 1 aliphatic heterocycles. The topological polar surface area (TPSA) is 89.5 Å². The Labute approximate surface area is 125 Å². The lowest BCUT2D eigenvalue weighted by Gasteiger charge is -2.32. The smallest absolute Gasteiger partial charge is 0.271 e. The maximum absolute atomic E-state index is 12.4. The van der Waals surface area contributed by atoms with Crippen LogP contribution in [0, 0.1) is 16.0 Å². The molecule has 0 saturated carbocycles. The summed E-state index contributed by atoms with van der Waals surface area (Å²) in [5.74, 6) is 0.141. The first-order valence-corrected chi connectivity index (χ1v) is 7.25. The molecule has 2 N–H and O–H groups in total. The molecule has 7 heteroatoms. The van der Waals surface area contributed by atoms with Crippen molar-refractivity contribution >= 4 is 27.5 Å². The van der Waals surface area contributed by atoms with Crippen molar-refractivity contribution in [3.8, 4) is 0 Å². The van der Waals surface area contributed by atoms with Crippen LogP contribution in [0.4, 0.5) is 5.69 Å². The number of carbonyl (C=O) groups is 1. The Kier molecular flexibility index (Phi) is 4.72. The van der Waals surface area contributed by atoms with Crippen LogP contribution in [-0.4, -0.2) is 35.4 Å². The highest BCUT2D eigenvalue weighted by atomic mass is 79.9. The molecule has 1 saturated heterocycles. The van der Waals surface area contributed by atoms with Crippen LogP contribution in [0.1, 0.15) is 23.2 Å². The number of halogens is 1. The minimum atomic E-state index is -0.500. The number of piperidine rings is 1. The van der Waals surface area contributed by atoms with Crippen molar-refractivity contribution < 1.29 is 9.72 Å². The van der Waals surface area contributed by atoms with E-state index in [0.717, 1.165) is 12.8 Å². The average molecular weight is 342 g/mol. The van der Waals surface area contributed by atoms with Crippen LogP contribution in [0.25, 0.3) is 0 Å². The highest BCUT2D eigenvalue weighted by molar-refractivity contribution is 9.10. The van der Waals surface area contributed by atoms with E-state index >= 15 is 0 Å². The number of nitrogens with zero attached hydrogens (tertiary/aromatic N) is 2. The van der Waals surface area contributed by atoms with E-state index in [-0.39, 0.29) is 11.6 Å². The van der Waals surface area contributed by atoms with Gasteiger partial charge in [0.2, 0.25) is 0 Å². The van der Waals surface area contributed by atoms with Gasteiger partial charge in [0, 0.05) is 35.3 Å². The van der Waals surface area contributed by atoms with Crippen LogP contribution in [0.3, 0.4) is 0 Å². The largest absolute Gasteiger partial charge is 0.338 e. The molecule has 1 aromatic rings. The number of hydrogen-bond acceptors (Lipinski definition) is 4. The first kappa shape index (κ1) is 14.9. The zero-order chi connectivity index (χ0) is 14.7. The van der Waals surface area contributed by atoms with Crippen molar-refractivity contribution in [3.05, 3.63) is 38.3 Å². The molecule has 1 aromatic carbocycles.